The molecule has 3 aromatic rings. The molecule has 0 aliphatic carbocycles. The van der Waals surface area contributed by atoms with Crippen LogP contribution in [0.1, 0.15) is 24.1 Å². The minimum absolute atomic E-state index is 0.262. The number of phenols is 1. The number of thiazole rings is 1. The van der Waals surface area contributed by atoms with E-state index in [0.29, 0.717) is 16.1 Å². The zero-order valence-electron chi connectivity index (χ0n) is 17.0. The largest absolute Gasteiger partial charge is 0.502 e. The smallest absolute Gasteiger partial charge is 0.338 e. The van der Waals surface area contributed by atoms with Crippen molar-refractivity contribution in [1.82, 2.24) is 4.57 Å². The van der Waals surface area contributed by atoms with Crippen LogP contribution in [0.2, 0.25) is 0 Å². The van der Waals surface area contributed by atoms with Gasteiger partial charge in [0.25, 0.3) is 5.56 Å². The molecule has 0 fully saturated rings. The van der Waals surface area contributed by atoms with Gasteiger partial charge in [-0.3, -0.25) is 19.5 Å². The number of hydrogen-bond donors (Lipinski definition) is 1. The molecular formula is C22H17N3O6S. The van der Waals surface area contributed by atoms with Crippen LogP contribution in [0, 0.1) is 10.1 Å². The number of benzene rings is 2. The molecular weight excluding hydrogens is 434 g/mol. The lowest BCUT2D eigenvalue weighted by Gasteiger charge is -2.24. The van der Waals surface area contributed by atoms with Crippen molar-refractivity contribution in [3.63, 3.8) is 0 Å². The predicted octanol–water partition coefficient (Wildman–Crippen LogP) is 2.02. The number of methoxy groups -OCH3 is 1. The van der Waals surface area contributed by atoms with Crippen molar-refractivity contribution in [3.05, 3.63) is 101 Å². The normalized spacial score (nSPS) is 15.8. The fourth-order valence-electron chi connectivity index (χ4n) is 3.57. The minimum Gasteiger partial charge on any atom is -0.502 e. The SMILES string of the molecule is COC(=O)C1=C(C)N=c2sc(=Cc3ccc(O)c([N+](=O)[O-])c3)c(=O)n2C1c1ccccc1. The van der Waals surface area contributed by atoms with Gasteiger partial charge in [0, 0.05) is 6.07 Å². The van der Waals surface area contributed by atoms with Gasteiger partial charge in [0.15, 0.2) is 10.6 Å². The van der Waals surface area contributed by atoms with Gasteiger partial charge < -0.3 is 9.84 Å². The number of carbonyl (C=O) groups excluding carboxylic acids is 1. The quantitative estimate of drug-likeness (QED) is 0.368. The van der Waals surface area contributed by atoms with Crippen molar-refractivity contribution >= 4 is 29.1 Å². The van der Waals surface area contributed by atoms with Crippen LogP contribution in [0.3, 0.4) is 0 Å². The van der Waals surface area contributed by atoms with E-state index < -0.39 is 33.9 Å². The summed E-state index contributed by atoms with van der Waals surface area (Å²) in [7, 11) is 1.27. The van der Waals surface area contributed by atoms with E-state index in [-0.39, 0.29) is 10.1 Å². The van der Waals surface area contributed by atoms with Crippen molar-refractivity contribution in [3.8, 4) is 5.75 Å². The van der Waals surface area contributed by atoms with Crippen LogP contribution in [-0.2, 0) is 9.53 Å². The van der Waals surface area contributed by atoms with Gasteiger partial charge in [-0.1, -0.05) is 47.7 Å². The van der Waals surface area contributed by atoms with Gasteiger partial charge in [-0.25, -0.2) is 9.79 Å². The lowest BCUT2D eigenvalue weighted by molar-refractivity contribution is -0.385. The average molecular weight is 451 g/mol. The number of nitrogens with zero attached hydrogens (tertiary/aromatic N) is 3. The first-order valence-corrected chi connectivity index (χ1v) is 10.3. The van der Waals surface area contributed by atoms with Crippen LogP contribution in [0.4, 0.5) is 5.69 Å². The van der Waals surface area contributed by atoms with E-state index in [0.717, 1.165) is 16.9 Å². The second-order valence-corrected chi connectivity index (χ2v) is 8.00. The topological polar surface area (TPSA) is 124 Å². The number of nitro groups is 1. The van der Waals surface area contributed by atoms with Crippen molar-refractivity contribution in [2.45, 2.75) is 13.0 Å². The van der Waals surface area contributed by atoms with Crippen molar-refractivity contribution in [1.29, 1.82) is 0 Å². The molecule has 10 heteroatoms. The highest BCUT2D eigenvalue weighted by atomic mass is 32.1. The van der Waals surface area contributed by atoms with Gasteiger partial charge in [-0.2, -0.15) is 0 Å². The molecule has 0 spiro atoms. The Morgan fingerprint density at radius 2 is 2.00 bits per heavy atom. The third-order valence-electron chi connectivity index (χ3n) is 5.04. The maximum Gasteiger partial charge on any atom is 0.338 e. The van der Waals surface area contributed by atoms with Crippen LogP contribution in [-0.4, -0.2) is 27.7 Å². The first-order valence-electron chi connectivity index (χ1n) is 9.45. The third kappa shape index (κ3) is 3.60. The number of nitro benzene ring substituents is 1. The van der Waals surface area contributed by atoms with Gasteiger partial charge in [-0.15, -0.1) is 0 Å². The van der Waals surface area contributed by atoms with Crippen LogP contribution >= 0.6 is 11.3 Å². The Morgan fingerprint density at radius 3 is 2.66 bits per heavy atom. The van der Waals surface area contributed by atoms with Crippen LogP contribution in [0.25, 0.3) is 6.08 Å². The molecule has 0 amide bonds. The van der Waals surface area contributed by atoms with E-state index in [4.69, 9.17) is 4.74 Å². The van der Waals surface area contributed by atoms with E-state index in [9.17, 15) is 24.8 Å². The summed E-state index contributed by atoms with van der Waals surface area (Å²) in [5.74, 6) is -1.04. The zero-order valence-corrected chi connectivity index (χ0v) is 17.8. The van der Waals surface area contributed by atoms with E-state index in [1.807, 2.05) is 30.3 Å². The van der Waals surface area contributed by atoms with Crippen molar-refractivity contribution < 1.29 is 19.6 Å². The van der Waals surface area contributed by atoms with E-state index in [2.05, 4.69) is 4.99 Å². The summed E-state index contributed by atoms with van der Waals surface area (Å²) in [6, 6.07) is 12.2. The molecule has 4 rings (SSSR count). The number of aromatic nitrogens is 1. The summed E-state index contributed by atoms with van der Waals surface area (Å²) in [6.45, 7) is 1.68. The first-order chi connectivity index (χ1) is 15.3. The number of phenolic OH excluding ortho intramolecular Hbond substituents is 1. The molecule has 2 aromatic carbocycles. The molecule has 0 radical (unpaired) electrons. The fourth-order valence-corrected chi connectivity index (χ4v) is 4.62. The summed E-state index contributed by atoms with van der Waals surface area (Å²) >= 11 is 1.11. The van der Waals surface area contributed by atoms with Gasteiger partial charge in [-0.05, 0) is 30.2 Å². The summed E-state index contributed by atoms with van der Waals surface area (Å²) in [5, 5.41) is 20.8. The summed E-state index contributed by atoms with van der Waals surface area (Å²) in [6.07, 6.45) is 1.50. The van der Waals surface area contributed by atoms with E-state index in [1.54, 1.807) is 6.92 Å². The Bertz CT molecular complexity index is 1450. The maximum atomic E-state index is 13.4. The number of carbonyl (C=O) groups is 1. The second kappa shape index (κ2) is 8.23. The van der Waals surface area contributed by atoms with E-state index in [1.165, 1.54) is 36.0 Å². The highest BCUT2D eigenvalue weighted by molar-refractivity contribution is 7.07. The van der Waals surface area contributed by atoms with E-state index >= 15 is 0 Å². The first kappa shape index (κ1) is 21.2. The number of aromatic hydroxyl groups is 1. The molecule has 0 bridgehead atoms. The lowest BCUT2D eigenvalue weighted by atomic mass is 9.96. The molecule has 1 N–H and O–H groups in total. The molecule has 1 aliphatic heterocycles. The number of ether oxygens (including phenoxy) is 1. The number of rotatable bonds is 4. The number of hydrogen-bond acceptors (Lipinski definition) is 8. The van der Waals surface area contributed by atoms with Gasteiger partial charge in [0.2, 0.25) is 0 Å². The van der Waals surface area contributed by atoms with Crippen LogP contribution in [0.5, 0.6) is 5.75 Å². The molecule has 1 aromatic heterocycles. The Labute approximate surface area is 185 Å². The average Bonchev–Trinajstić information content (AvgIpc) is 3.08. The van der Waals surface area contributed by atoms with Crippen LogP contribution < -0.4 is 14.9 Å². The summed E-state index contributed by atoms with van der Waals surface area (Å²) in [4.78, 5) is 41.2. The molecule has 32 heavy (non-hydrogen) atoms. The number of fused-ring (bicyclic) bond motifs is 1. The Balaban J connectivity index is 1.95. The third-order valence-corrected chi connectivity index (χ3v) is 6.02. The fraction of sp³-hybridized carbons (Fsp3) is 0.136. The van der Waals surface area contributed by atoms with Crippen molar-refractivity contribution in [2.75, 3.05) is 7.11 Å². The Morgan fingerprint density at radius 1 is 1.28 bits per heavy atom. The van der Waals surface area contributed by atoms with Crippen LogP contribution in [0.15, 0.2) is 69.6 Å². The molecule has 2 heterocycles. The lowest BCUT2D eigenvalue weighted by Crippen LogP contribution is -2.39. The standard InChI is InChI=1S/C22H17N3O6S/c1-12-18(21(28)31-2)19(14-6-4-3-5-7-14)24-20(27)17(32-22(24)23-12)11-13-8-9-16(26)15(10-13)25(29)30/h3-11,19,26H,1-2H3. The summed E-state index contributed by atoms with van der Waals surface area (Å²) in [5.41, 5.74) is 0.941. The zero-order chi connectivity index (χ0) is 23.0. The maximum absolute atomic E-state index is 13.4. The molecule has 0 saturated heterocycles. The highest BCUT2D eigenvalue weighted by Gasteiger charge is 2.32. The monoisotopic (exact) mass is 451 g/mol. The molecule has 162 valence electrons. The molecule has 1 aliphatic rings. The van der Waals surface area contributed by atoms with Gasteiger partial charge in [0.1, 0.15) is 0 Å². The molecule has 1 atom stereocenters. The number of esters is 1. The van der Waals surface area contributed by atoms with Gasteiger partial charge >= 0.3 is 11.7 Å². The molecule has 1 unspecified atom stereocenters. The van der Waals surface area contributed by atoms with Gasteiger partial charge in [0.05, 0.1) is 33.9 Å². The predicted molar refractivity (Wildman–Crippen MR) is 117 cm³/mol. The highest BCUT2D eigenvalue weighted by Crippen LogP contribution is 2.30. The second-order valence-electron chi connectivity index (χ2n) is 6.99. The Kier molecular flexibility index (Phi) is 5.45. The number of allylic oxidation sites excluding steroid dienone is 1. The minimum atomic E-state index is -0.726. The summed E-state index contributed by atoms with van der Waals surface area (Å²) < 4.78 is 6.66. The van der Waals surface area contributed by atoms with Crippen molar-refractivity contribution in [2.24, 2.45) is 4.99 Å². The molecule has 9 nitrogen and oxygen atoms in total. The Hall–Kier alpha value is -4.05. The molecule has 0 saturated carbocycles.